The Morgan fingerprint density at radius 2 is 2.11 bits per heavy atom. The van der Waals surface area contributed by atoms with Crippen LogP contribution in [0.25, 0.3) is 10.7 Å². The summed E-state index contributed by atoms with van der Waals surface area (Å²) in [7, 11) is 0. The fourth-order valence-electron chi connectivity index (χ4n) is 1.49. The quantitative estimate of drug-likeness (QED) is 0.791. The van der Waals surface area contributed by atoms with Crippen molar-refractivity contribution >= 4 is 33.6 Å². The molecule has 90 valence electrons. The predicted molar refractivity (Wildman–Crippen MR) is 75.5 cm³/mol. The third kappa shape index (κ3) is 2.39. The summed E-state index contributed by atoms with van der Waals surface area (Å²) >= 11 is 3.15. The molecule has 1 N–H and O–H groups in total. The maximum Gasteiger partial charge on any atom is 0.188 e. The predicted octanol–water partition coefficient (Wildman–Crippen LogP) is 3.71. The number of anilines is 2. The first-order chi connectivity index (χ1) is 8.81. The number of aryl methyl sites for hydroxylation is 1. The maximum absolute atomic E-state index is 4.52. The fourth-order valence-corrected chi connectivity index (χ4v) is 2.80. The van der Waals surface area contributed by atoms with Crippen LogP contribution in [0.1, 0.15) is 5.69 Å². The van der Waals surface area contributed by atoms with Crippen molar-refractivity contribution in [2.24, 2.45) is 0 Å². The molecule has 3 aromatic heterocycles. The van der Waals surface area contributed by atoms with Gasteiger partial charge in [-0.1, -0.05) is 6.07 Å². The molecule has 0 aliphatic heterocycles. The summed E-state index contributed by atoms with van der Waals surface area (Å²) in [6, 6.07) is 5.84. The molecule has 0 aliphatic rings. The van der Waals surface area contributed by atoms with Gasteiger partial charge in [-0.2, -0.15) is 0 Å². The molecule has 3 rings (SSSR count). The van der Waals surface area contributed by atoms with E-state index >= 15 is 0 Å². The van der Waals surface area contributed by atoms with Crippen LogP contribution in [-0.2, 0) is 0 Å². The molecule has 0 saturated heterocycles. The number of thiazole rings is 2. The van der Waals surface area contributed by atoms with E-state index in [-0.39, 0.29) is 0 Å². The molecule has 0 spiro atoms. The smallest absolute Gasteiger partial charge is 0.188 e. The molecule has 0 fully saturated rings. The van der Waals surface area contributed by atoms with Gasteiger partial charge in [0.05, 0.1) is 5.69 Å². The molecule has 0 saturated carbocycles. The highest BCUT2D eigenvalue weighted by molar-refractivity contribution is 7.13. The van der Waals surface area contributed by atoms with Gasteiger partial charge >= 0.3 is 0 Å². The lowest BCUT2D eigenvalue weighted by Gasteiger charge is -2.02. The molecule has 0 unspecified atom stereocenters. The molecule has 18 heavy (non-hydrogen) atoms. The van der Waals surface area contributed by atoms with E-state index in [1.807, 2.05) is 35.9 Å². The lowest BCUT2D eigenvalue weighted by Crippen LogP contribution is -1.94. The van der Waals surface area contributed by atoms with Gasteiger partial charge in [0.1, 0.15) is 16.5 Å². The number of hydrogen-bond donors (Lipinski definition) is 1. The van der Waals surface area contributed by atoms with Gasteiger partial charge in [0.25, 0.3) is 0 Å². The highest BCUT2D eigenvalue weighted by atomic mass is 32.1. The lowest BCUT2D eigenvalue weighted by molar-refractivity contribution is 1.23. The number of rotatable bonds is 3. The van der Waals surface area contributed by atoms with E-state index in [1.165, 1.54) is 0 Å². The van der Waals surface area contributed by atoms with Gasteiger partial charge in [-0.15, -0.1) is 22.7 Å². The van der Waals surface area contributed by atoms with Crippen molar-refractivity contribution in [2.45, 2.75) is 6.92 Å². The summed E-state index contributed by atoms with van der Waals surface area (Å²) in [5.74, 6) is 0.789. The van der Waals surface area contributed by atoms with Gasteiger partial charge in [-0.25, -0.2) is 15.0 Å². The molecule has 3 aromatic rings. The van der Waals surface area contributed by atoms with E-state index in [1.54, 1.807) is 28.9 Å². The molecule has 4 nitrogen and oxygen atoms in total. The van der Waals surface area contributed by atoms with Crippen molar-refractivity contribution in [3.05, 3.63) is 40.8 Å². The van der Waals surface area contributed by atoms with Gasteiger partial charge in [0.15, 0.2) is 5.13 Å². The Labute approximate surface area is 112 Å². The molecule has 6 heteroatoms. The summed E-state index contributed by atoms with van der Waals surface area (Å²) in [6.45, 7) is 1.97. The van der Waals surface area contributed by atoms with Gasteiger partial charge in [0.2, 0.25) is 0 Å². The molecule has 0 aromatic carbocycles. The van der Waals surface area contributed by atoms with E-state index in [4.69, 9.17) is 0 Å². The number of nitrogens with one attached hydrogen (secondary N) is 1. The summed E-state index contributed by atoms with van der Waals surface area (Å²) in [5.41, 5.74) is 1.89. The van der Waals surface area contributed by atoms with Crippen LogP contribution in [0.2, 0.25) is 0 Å². The molecule has 0 amide bonds. The van der Waals surface area contributed by atoms with Crippen molar-refractivity contribution in [2.75, 3.05) is 5.32 Å². The van der Waals surface area contributed by atoms with E-state index in [0.29, 0.717) is 0 Å². The van der Waals surface area contributed by atoms with Crippen LogP contribution in [0.5, 0.6) is 0 Å². The van der Waals surface area contributed by atoms with Crippen LogP contribution in [0, 0.1) is 6.92 Å². The minimum atomic E-state index is 0.789. The van der Waals surface area contributed by atoms with Crippen LogP contribution in [0.3, 0.4) is 0 Å². The first kappa shape index (κ1) is 11.3. The summed E-state index contributed by atoms with van der Waals surface area (Å²) in [4.78, 5) is 13.1. The van der Waals surface area contributed by atoms with Gasteiger partial charge < -0.3 is 5.32 Å². The third-order valence-electron chi connectivity index (χ3n) is 2.25. The lowest BCUT2D eigenvalue weighted by atomic mass is 10.3. The normalized spacial score (nSPS) is 10.5. The Kier molecular flexibility index (Phi) is 3.04. The van der Waals surface area contributed by atoms with Crippen molar-refractivity contribution in [3.63, 3.8) is 0 Å². The van der Waals surface area contributed by atoms with E-state index in [9.17, 15) is 0 Å². The van der Waals surface area contributed by atoms with E-state index < -0.39 is 0 Å². The zero-order valence-corrected chi connectivity index (χ0v) is 11.3. The largest absolute Gasteiger partial charge is 0.316 e. The van der Waals surface area contributed by atoms with Crippen LogP contribution >= 0.6 is 22.7 Å². The van der Waals surface area contributed by atoms with Gasteiger partial charge in [-0.05, 0) is 19.1 Å². The summed E-state index contributed by atoms with van der Waals surface area (Å²) in [6.07, 6.45) is 1.78. The highest BCUT2D eigenvalue weighted by Crippen LogP contribution is 2.23. The SMILES string of the molecule is Cc1csc(Nc2cccc(-c3nccs3)n2)n1. The molecule has 0 radical (unpaired) electrons. The molecule has 0 atom stereocenters. The molecule has 3 heterocycles. The Bertz CT molecular complexity index is 646. The average Bonchev–Trinajstić information content (AvgIpc) is 3.01. The maximum atomic E-state index is 4.52. The second kappa shape index (κ2) is 4.83. The minimum Gasteiger partial charge on any atom is -0.316 e. The zero-order chi connectivity index (χ0) is 12.4. The van der Waals surface area contributed by atoms with Crippen molar-refractivity contribution in [1.82, 2.24) is 15.0 Å². The standard InChI is InChI=1S/C12H10N4S2/c1-8-7-18-12(14-8)16-10-4-2-3-9(15-10)11-13-5-6-17-11/h2-7H,1H3,(H,14,15,16). The number of nitrogens with zero attached hydrogens (tertiary/aromatic N) is 3. The van der Waals surface area contributed by atoms with Crippen LogP contribution in [0.15, 0.2) is 35.2 Å². The molecular formula is C12H10N4S2. The highest BCUT2D eigenvalue weighted by Gasteiger charge is 2.04. The Morgan fingerprint density at radius 3 is 2.83 bits per heavy atom. The summed E-state index contributed by atoms with van der Waals surface area (Å²) < 4.78 is 0. The average molecular weight is 274 g/mol. The first-order valence-corrected chi connectivity index (χ1v) is 7.13. The number of pyridine rings is 1. The van der Waals surface area contributed by atoms with E-state index in [2.05, 4.69) is 20.3 Å². The first-order valence-electron chi connectivity index (χ1n) is 5.37. The number of hydrogen-bond acceptors (Lipinski definition) is 6. The van der Waals surface area contributed by atoms with Gasteiger partial charge in [-0.3, -0.25) is 0 Å². The van der Waals surface area contributed by atoms with Crippen LogP contribution < -0.4 is 5.32 Å². The minimum absolute atomic E-state index is 0.789. The number of aromatic nitrogens is 3. The van der Waals surface area contributed by atoms with Crippen molar-refractivity contribution in [1.29, 1.82) is 0 Å². The monoisotopic (exact) mass is 274 g/mol. The van der Waals surface area contributed by atoms with Gasteiger partial charge in [0, 0.05) is 17.0 Å². The fraction of sp³-hybridized carbons (Fsp3) is 0.0833. The third-order valence-corrected chi connectivity index (χ3v) is 3.93. The molecule has 0 bridgehead atoms. The zero-order valence-electron chi connectivity index (χ0n) is 9.62. The van der Waals surface area contributed by atoms with Crippen LogP contribution in [0.4, 0.5) is 10.9 Å². The Balaban J connectivity index is 1.87. The molecular weight excluding hydrogens is 264 g/mol. The second-order valence-electron chi connectivity index (χ2n) is 3.66. The van der Waals surface area contributed by atoms with Crippen LogP contribution in [-0.4, -0.2) is 15.0 Å². The second-order valence-corrected chi connectivity index (χ2v) is 5.42. The Morgan fingerprint density at radius 1 is 1.17 bits per heavy atom. The Hall–Kier alpha value is -1.79. The van der Waals surface area contributed by atoms with Crippen molar-refractivity contribution in [3.8, 4) is 10.7 Å². The molecule has 0 aliphatic carbocycles. The van der Waals surface area contributed by atoms with E-state index in [0.717, 1.165) is 27.3 Å². The van der Waals surface area contributed by atoms with Crippen molar-refractivity contribution < 1.29 is 0 Å². The topological polar surface area (TPSA) is 50.7 Å². The summed E-state index contributed by atoms with van der Waals surface area (Å²) in [5, 5.41) is 8.94.